The van der Waals surface area contributed by atoms with E-state index in [1.807, 2.05) is 0 Å². The van der Waals surface area contributed by atoms with Crippen LogP contribution in [0, 0.1) is 17.0 Å². The van der Waals surface area contributed by atoms with Crippen molar-refractivity contribution in [2.45, 2.75) is 38.6 Å². The van der Waals surface area contributed by atoms with Gasteiger partial charge in [0.25, 0.3) is 5.69 Å². The fourth-order valence-corrected chi connectivity index (χ4v) is 2.41. The van der Waals surface area contributed by atoms with E-state index in [2.05, 4.69) is 5.10 Å². The highest BCUT2D eigenvalue weighted by molar-refractivity contribution is 5.88. The van der Waals surface area contributed by atoms with Crippen LogP contribution in [0.5, 0.6) is 0 Å². The topological polar surface area (TPSA) is 98.3 Å². The van der Waals surface area contributed by atoms with Crippen molar-refractivity contribution < 1.29 is 28.0 Å². The number of nitro benzene ring substituents is 1. The fraction of sp³-hybridized carbons (Fsp3) is 0.375. The molecule has 2 aromatic rings. The van der Waals surface area contributed by atoms with Gasteiger partial charge >= 0.3 is 6.18 Å². The van der Waals surface area contributed by atoms with Gasteiger partial charge in [-0.1, -0.05) is 6.07 Å². The number of aliphatic hydroxyl groups is 1. The zero-order valence-electron chi connectivity index (χ0n) is 13.9. The number of rotatable bonds is 6. The number of nitrogens with zero attached hydrogens (tertiary/aromatic N) is 3. The van der Waals surface area contributed by atoms with Gasteiger partial charge in [0.2, 0.25) is 0 Å². The van der Waals surface area contributed by atoms with Crippen molar-refractivity contribution in [2.24, 2.45) is 0 Å². The Kier molecular flexibility index (Phi) is 5.17. The summed E-state index contributed by atoms with van der Waals surface area (Å²) >= 11 is 0. The third-order valence-electron chi connectivity index (χ3n) is 3.76. The van der Waals surface area contributed by atoms with Crippen LogP contribution in [0.3, 0.4) is 0 Å². The number of carbonyl (C=O) groups excluding carboxylic acids is 1. The number of nitro groups is 1. The number of benzene rings is 1. The third kappa shape index (κ3) is 4.45. The summed E-state index contributed by atoms with van der Waals surface area (Å²) in [7, 11) is 0. The van der Waals surface area contributed by atoms with Gasteiger partial charge in [-0.2, -0.15) is 18.3 Å². The van der Waals surface area contributed by atoms with Gasteiger partial charge in [0.15, 0.2) is 5.78 Å². The Morgan fingerprint density at radius 3 is 2.54 bits per heavy atom. The molecule has 0 aliphatic heterocycles. The van der Waals surface area contributed by atoms with E-state index in [-0.39, 0.29) is 12.1 Å². The number of carbonyl (C=O) groups is 1. The van der Waals surface area contributed by atoms with Crippen LogP contribution in [0.2, 0.25) is 0 Å². The van der Waals surface area contributed by atoms with Gasteiger partial charge in [-0.25, -0.2) is 0 Å². The Balaban J connectivity index is 2.24. The standard InChI is InChI=1S/C16H16F3N3O4/c1-10-7-20-21(8-10)9-15(2,24)14(23)6-11-3-4-13(22(25)26)12(5-11)16(17,18)19/h3-5,7-8,24H,6,9H2,1-2H3/t15-/m0/s1. The number of alkyl halides is 3. The SMILES string of the molecule is Cc1cnn(C[C@](C)(O)C(=O)Cc2ccc([N+](=O)[O-])c(C(F)(F)F)c2)c1. The zero-order valence-corrected chi connectivity index (χ0v) is 13.9. The molecule has 0 amide bonds. The number of hydrogen-bond acceptors (Lipinski definition) is 5. The van der Waals surface area contributed by atoms with E-state index in [1.54, 1.807) is 13.1 Å². The van der Waals surface area contributed by atoms with Gasteiger partial charge in [-0.3, -0.25) is 19.6 Å². The average molecular weight is 371 g/mol. The normalized spacial score (nSPS) is 14.1. The molecular weight excluding hydrogens is 355 g/mol. The van der Waals surface area contributed by atoms with Crippen molar-refractivity contribution in [1.82, 2.24) is 9.78 Å². The van der Waals surface area contributed by atoms with Crippen molar-refractivity contribution in [1.29, 1.82) is 0 Å². The lowest BCUT2D eigenvalue weighted by molar-refractivity contribution is -0.388. The average Bonchev–Trinajstić information content (AvgIpc) is 2.90. The maximum absolute atomic E-state index is 13.0. The molecular formula is C16H16F3N3O4. The summed E-state index contributed by atoms with van der Waals surface area (Å²) in [4.78, 5) is 21.9. The van der Waals surface area contributed by atoms with Crippen LogP contribution in [-0.2, 0) is 23.9 Å². The monoisotopic (exact) mass is 371 g/mol. The molecule has 0 bridgehead atoms. The Bertz CT molecular complexity index is 844. The van der Waals surface area contributed by atoms with Gasteiger partial charge in [0.05, 0.1) is 17.7 Å². The first-order valence-corrected chi connectivity index (χ1v) is 7.49. The lowest BCUT2D eigenvalue weighted by atomic mass is 9.94. The van der Waals surface area contributed by atoms with Crippen LogP contribution in [0.4, 0.5) is 18.9 Å². The van der Waals surface area contributed by atoms with Crippen molar-refractivity contribution >= 4 is 11.5 Å². The summed E-state index contributed by atoms with van der Waals surface area (Å²) in [6.45, 7) is 2.84. The van der Waals surface area contributed by atoms with E-state index < -0.39 is 40.2 Å². The molecule has 1 N–H and O–H groups in total. The lowest BCUT2D eigenvalue weighted by Gasteiger charge is -2.22. The second-order valence-corrected chi connectivity index (χ2v) is 6.20. The zero-order chi connectivity index (χ0) is 19.7. The van der Waals surface area contributed by atoms with Crippen molar-refractivity contribution in [3.8, 4) is 0 Å². The van der Waals surface area contributed by atoms with Gasteiger partial charge in [-0.05, 0) is 31.0 Å². The van der Waals surface area contributed by atoms with E-state index in [9.17, 15) is 33.2 Å². The Morgan fingerprint density at radius 1 is 1.38 bits per heavy atom. The first-order chi connectivity index (χ1) is 11.9. The quantitative estimate of drug-likeness (QED) is 0.622. The lowest BCUT2D eigenvalue weighted by Crippen LogP contribution is -2.41. The highest BCUT2D eigenvalue weighted by Gasteiger charge is 2.39. The Morgan fingerprint density at radius 2 is 2.04 bits per heavy atom. The molecule has 0 unspecified atom stereocenters. The summed E-state index contributed by atoms with van der Waals surface area (Å²) in [5.74, 6) is -0.729. The largest absolute Gasteiger partial charge is 0.423 e. The fourth-order valence-electron chi connectivity index (χ4n) is 2.41. The highest BCUT2D eigenvalue weighted by atomic mass is 19.4. The first kappa shape index (κ1) is 19.6. The van der Waals surface area contributed by atoms with Crippen molar-refractivity contribution in [3.05, 3.63) is 57.4 Å². The summed E-state index contributed by atoms with van der Waals surface area (Å²) < 4.78 is 40.4. The molecule has 0 radical (unpaired) electrons. The van der Waals surface area contributed by atoms with Gasteiger partial charge < -0.3 is 5.11 Å². The molecule has 140 valence electrons. The van der Waals surface area contributed by atoms with Crippen LogP contribution in [0.15, 0.2) is 30.6 Å². The van der Waals surface area contributed by atoms with E-state index in [4.69, 9.17) is 0 Å². The number of aromatic nitrogens is 2. The second kappa shape index (κ2) is 6.87. The first-order valence-electron chi connectivity index (χ1n) is 7.49. The minimum atomic E-state index is -4.93. The second-order valence-electron chi connectivity index (χ2n) is 6.20. The van der Waals surface area contributed by atoms with Crippen LogP contribution in [0.1, 0.15) is 23.6 Å². The number of aryl methyl sites for hydroxylation is 1. The summed E-state index contributed by atoms with van der Waals surface area (Å²) in [6.07, 6.45) is -2.30. The molecule has 2 rings (SSSR count). The molecule has 1 heterocycles. The smallest absolute Gasteiger partial charge is 0.380 e. The molecule has 26 heavy (non-hydrogen) atoms. The summed E-state index contributed by atoms with van der Waals surface area (Å²) in [6, 6.07) is 2.33. The molecule has 0 saturated heterocycles. The van der Waals surface area contributed by atoms with E-state index in [0.29, 0.717) is 12.1 Å². The predicted molar refractivity (Wildman–Crippen MR) is 84.4 cm³/mol. The van der Waals surface area contributed by atoms with Crippen molar-refractivity contribution in [3.63, 3.8) is 0 Å². The molecule has 0 aliphatic rings. The number of halogens is 3. The van der Waals surface area contributed by atoms with Crippen LogP contribution < -0.4 is 0 Å². The van der Waals surface area contributed by atoms with Crippen molar-refractivity contribution in [2.75, 3.05) is 0 Å². The number of ketones is 1. The van der Waals surface area contributed by atoms with E-state index in [0.717, 1.165) is 11.6 Å². The molecule has 0 fully saturated rings. The molecule has 1 aromatic carbocycles. The Hall–Kier alpha value is -2.75. The van der Waals surface area contributed by atoms with Gasteiger partial charge in [0.1, 0.15) is 11.2 Å². The summed E-state index contributed by atoms with van der Waals surface area (Å²) in [5, 5.41) is 25.0. The molecule has 0 spiro atoms. The number of Topliss-reactive ketones (excluding diaryl/α,β-unsaturated/α-hetero) is 1. The molecule has 1 atom stereocenters. The molecule has 7 nitrogen and oxygen atoms in total. The molecule has 10 heteroatoms. The van der Waals surface area contributed by atoms with Gasteiger partial charge in [0, 0.05) is 18.7 Å². The van der Waals surface area contributed by atoms with E-state index in [1.165, 1.54) is 17.8 Å². The highest BCUT2D eigenvalue weighted by Crippen LogP contribution is 2.36. The molecule has 1 aromatic heterocycles. The van der Waals surface area contributed by atoms with Crippen LogP contribution >= 0.6 is 0 Å². The minimum absolute atomic E-state index is 0.0788. The number of hydrogen-bond donors (Lipinski definition) is 1. The van der Waals surface area contributed by atoms with Gasteiger partial charge in [-0.15, -0.1) is 0 Å². The third-order valence-corrected chi connectivity index (χ3v) is 3.76. The predicted octanol–water partition coefficient (Wildman–Crippen LogP) is 2.68. The maximum atomic E-state index is 13.0. The maximum Gasteiger partial charge on any atom is 0.423 e. The summed E-state index contributed by atoms with van der Waals surface area (Å²) in [5.41, 5.74) is -3.65. The van der Waals surface area contributed by atoms with Crippen LogP contribution in [0.25, 0.3) is 0 Å². The van der Waals surface area contributed by atoms with E-state index >= 15 is 0 Å². The molecule has 0 aliphatic carbocycles. The minimum Gasteiger partial charge on any atom is -0.380 e. The Labute approximate surface area is 146 Å². The van der Waals surface area contributed by atoms with Crippen LogP contribution in [-0.4, -0.2) is 31.2 Å². The molecule has 0 saturated carbocycles.